The van der Waals surface area contributed by atoms with Crippen LogP contribution in [0.1, 0.15) is 16.2 Å². The van der Waals surface area contributed by atoms with Crippen LogP contribution in [0, 0.1) is 6.92 Å². The Labute approximate surface area is 105 Å². The summed E-state index contributed by atoms with van der Waals surface area (Å²) >= 11 is 3.74. The van der Waals surface area contributed by atoms with Gasteiger partial charge >= 0.3 is 0 Å². The molecule has 0 radical (unpaired) electrons. The summed E-state index contributed by atoms with van der Waals surface area (Å²) in [4.78, 5) is 0.316. The molecule has 82 valence electrons. The summed E-state index contributed by atoms with van der Waals surface area (Å²) in [7, 11) is 0. The molecule has 0 saturated heterocycles. The van der Waals surface area contributed by atoms with Crippen LogP contribution in [0.5, 0.6) is 0 Å². The summed E-state index contributed by atoms with van der Waals surface area (Å²) in [6.07, 6.45) is 3.11. The molecule has 0 aliphatic heterocycles. The van der Waals surface area contributed by atoms with Crippen LogP contribution in [0.4, 0.5) is 0 Å². The highest BCUT2D eigenvalue weighted by molar-refractivity contribution is 9.09. The lowest BCUT2D eigenvalue weighted by Crippen LogP contribution is -2.39. The minimum absolute atomic E-state index is 0.316. The number of alkyl halides is 1. The first-order valence-corrected chi connectivity index (χ1v) is 6.34. The Morgan fingerprint density at radius 2 is 1.75 bits per heavy atom. The number of aryl methyl sites for hydroxylation is 1. The number of benzene rings is 1. The fraction of sp³-hybridized carbons (Fsp3) is 0.214. The maximum absolute atomic E-state index is 3.74. The Bertz CT molecular complexity index is 453. The van der Waals surface area contributed by atoms with Gasteiger partial charge in [-0.15, -0.1) is 0 Å². The largest absolute Gasteiger partial charge is 0.216 e. The van der Waals surface area contributed by atoms with Crippen LogP contribution in [0.25, 0.3) is 0 Å². The normalized spacial score (nSPS) is 12.4. The lowest BCUT2D eigenvalue weighted by Gasteiger charge is -2.07. The van der Waals surface area contributed by atoms with Crippen molar-refractivity contribution >= 4 is 15.9 Å². The van der Waals surface area contributed by atoms with Gasteiger partial charge in [-0.2, -0.15) is 4.57 Å². The van der Waals surface area contributed by atoms with Crippen molar-refractivity contribution in [2.75, 3.05) is 0 Å². The summed E-state index contributed by atoms with van der Waals surface area (Å²) in [6, 6.07) is 16.8. The highest BCUT2D eigenvalue weighted by atomic mass is 79.9. The van der Waals surface area contributed by atoms with Gasteiger partial charge in [-0.05, 0) is 21.5 Å². The molecule has 1 nitrogen and oxygen atoms in total. The third kappa shape index (κ3) is 2.70. The molecule has 0 N–H and O–H groups in total. The SMILES string of the molecule is Cc1cccc[n+]1C(Br)Cc1ccccc1. The smallest absolute Gasteiger partial charge is 0.190 e. The molecule has 1 aromatic heterocycles. The van der Waals surface area contributed by atoms with Gasteiger partial charge in [0.1, 0.15) is 0 Å². The molecule has 0 fully saturated rings. The predicted octanol–water partition coefficient (Wildman–Crippen LogP) is 3.42. The molecule has 0 saturated carbocycles. The molecule has 0 aliphatic rings. The first kappa shape index (κ1) is 11.3. The lowest BCUT2D eigenvalue weighted by atomic mass is 10.1. The van der Waals surface area contributed by atoms with E-state index in [1.54, 1.807) is 0 Å². The first-order chi connectivity index (χ1) is 7.77. The van der Waals surface area contributed by atoms with E-state index >= 15 is 0 Å². The van der Waals surface area contributed by atoms with E-state index in [0.29, 0.717) is 4.95 Å². The van der Waals surface area contributed by atoms with Crippen molar-refractivity contribution in [1.82, 2.24) is 0 Å². The Morgan fingerprint density at radius 3 is 2.44 bits per heavy atom. The zero-order chi connectivity index (χ0) is 11.4. The molecule has 0 amide bonds. The van der Waals surface area contributed by atoms with E-state index in [0.717, 1.165) is 6.42 Å². The lowest BCUT2D eigenvalue weighted by molar-refractivity contribution is -0.703. The van der Waals surface area contributed by atoms with Crippen LogP contribution < -0.4 is 4.57 Å². The van der Waals surface area contributed by atoms with E-state index in [2.05, 4.69) is 76.1 Å². The summed E-state index contributed by atoms with van der Waals surface area (Å²) in [5.41, 5.74) is 2.61. The van der Waals surface area contributed by atoms with Crippen molar-refractivity contribution in [3.8, 4) is 0 Å². The van der Waals surface area contributed by atoms with Gasteiger partial charge in [0.15, 0.2) is 11.9 Å². The molecule has 1 unspecified atom stereocenters. The van der Waals surface area contributed by atoms with Crippen molar-refractivity contribution in [3.05, 3.63) is 66.0 Å². The summed E-state index contributed by atoms with van der Waals surface area (Å²) in [6.45, 7) is 2.12. The summed E-state index contributed by atoms with van der Waals surface area (Å²) in [5.74, 6) is 0. The quantitative estimate of drug-likeness (QED) is 0.598. The number of halogens is 1. The molecule has 0 aliphatic carbocycles. The monoisotopic (exact) mass is 276 g/mol. The van der Waals surface area contributed by atoms with Crippen molar-refractivity contribution in [2.45, 2.75) is 18.3 Å². The van der Waals surface area contributed by atoms with E-state index in [4.69, 9.17) is 0 Å². The third-order valence-electron chi connectivity index (χ3n) is 2.65. The van der Waals surface area contributed by atoms with Gasteiger partial charge in [0.2, 0.25) is 4.95 Å². The van der Waals surface area contributed by atoms with E-state index in [9.17, 15) is 0 Å². The molecule has 1 heterocycles. The number of aromatic nitrogens is 1. The van der Waals surface area contributed by atoms with Crippen molar-refractivity contribution in [1.29, 1.82) is 0 Å². The van der Waals surface area contributed by atoms with Gasteiger partial charge in [0, 0.05) is 25.5 Å². The van der Waals surface area contributed by atoms with Gasteiger partial charge in [-0.25, -0.2) is 0 Å². The maximum atomic E-state index is 3.74. The van der Waals surface area contributed by atoms with Gasteiger partial charge in [0.05, 0.1) is 0 Å². The molecule has 1 aromatic carbocycles. The van der Waals surface area contributed by atoms with E-state index in [1.807, 2.05) is 6.07 Å². The van der Waals surface area contributed by atoms with E-state index in [1.165, 1.54) is 11.3 Å². The standard InChI is InChI=1S/C14H15BrN/c1-12-7-5-6-10-16(12)14(15)11-13-8-3-2-4-9-13/h2-10,14H,11H2,1H3/q+1. The zero-order valence-corrected chi connectivity index (χ0v) is 10.9. The van der Waals surface area contributed by atoms with E-state index in [-0.39, 0.29) is 0 Å². The maximum Gasteiger partial charge on any atom is 0.216 e. The third-order valence-corrected chi connectivity index (χ3v) is 3.42. The van der Waals surface area contributed by atoms with E-state index < -0.39 is 0 Å². The number of hydrogen-bond acceptors (Lipinski definition) is 0. The van der Waals surface area contributed by atoms with Crippen LogP contribution in [-0.2, 0) is 6.42 Å². The average molecular weight is 277 g/mol. The molecule has 2 heteroatoms. The fourth-order valence-corrected chi connectivity index (χ4v) is 2.60. The molecule has 2 rings (SSSR count). The number of hydrogen-bond donors (Lipinski definition) is 0. The zero-order valence-electron chi connectivity index (χ0n) is 9.31. The average Bonchev–Trinajstić information content (AvgIpc) is 2.31. The van der Waals surface area contributed by atoms with Crippen molar-refractivity contribution in [2.24, 2.45) is 0 Å². The molecule has 1 atom stereocenters. The Hall–Kier alpha value is -1.15. The van der Waals surface area contributed by atoms with Gasteiger partial charge < -0.3 is 0 Å². The minimum Gasteiger partial charge on any atom is -0.190 e. The van der Waals surface area contributed by atoms with Gasteiger partial charge in [-0.3, -0.25) is 0 Å². The predicted molar refractivity (Wildman–Crippen MR) is 69.5 cm³/mol. The second kappa shape index (κ2) is 5.26. The molecule has 0 bridgehead atoms. The van der Waals surface area contributed by atoms with Crippen LogP contribution >= 0.6 is 15.9 Å². The molecular weight excluding hydrogens is 262 g/mol. The molecular formula is C14H15BrN+. The number of nitrogens with zero attached hydrogens (tertiary/aromatic N) is 1. The summed E-state index contributed by atoms with van der Waals surface area (Å²) < 4.78 is 2.24. The second-order valence-electron chi connectivity index (χ2n) is 3.87. The Kier molecular flexibility index (Phi) is 3.73. The number of rotatable bonds is 3. The Balaban J connectivity index is 2.15. The summed E-state index contributed by atoms with van der Waals surface area (Å²) in [5, 5.41) is 0. The molecule has 0 spiro atoms. The Morgan fingerprint density at radius 1 is 1.06 bits per heavy atom. The topological polar surface area (TPSA) is 3.88 Å². The highest BCUT2D eigenvalue weighted by Crippen LogP contribution is 2.15. The van der Waals surface area contributed by atoms with Gasteiger partial charge in [0.25, 0.3) is 0 Å². The van der Waals surface area contributed by atoms with Crippen LogP contribution in [0.3, 0.4) is 0 Å². The first-order valence-electron chi connectivity index (χ1n) is 5.42. The highest BCUT2D eigenvalue weighted by Gasteiger charge is 2.16. The van der Waals surface area contributed by atoms with Crippen LogP contribution in [0.2, 0.25) is 0 Å². The van der Waals surface area contributed by atoms with Crippen molar-refractivity contribution < 1.29 is 4.57 Å². The van der Waals surface area contributed by atoms with Gasteiger partial charge in [-0.1, -0.05) is 36.4 Å². The van der Waals surface area contributed by atoms with Crippen LogP contribution in [-0.4, -0.2) is 0 Å². The van der Waals surface area contributed by atoms with Crippen molar-refractivity contribution in [3.63, 3.8) is 0 Å². The van der Waals surface area contributed by atoms with Crippen LogP contribution in [0.15, 0.2) is 54.7 Å². The second-order valence-corrected chi connectivity index (χ2v) is 4.93. The number of pyridine rings is 1. The minimum atomic E-state index is 0.316. The fourth-order valence-electron chi connectivity index (χ4n) is 1.76. The molecule has 2 aromatic rings. The molecule has 16 heavy (non-hydrogen) atoms.